The summed E-state index contributed by atoms with van der Waals surface area (Å²) < 4.78 is 15.8. The Morgan fingerprint density at radius 2 is 1.50 bits per heavy atom. The highest BCUT2D eigenvalue weighted by molar-refractivity contribution is 5.81. The number of nitrogens with one attached hydrogen (secondary N) is 1. The van der Waals surface area contributed by atoms with E-state index in [9.17, 15) is 14.4 Å². The van der Waals surface area contributed by atoms with E-state index in [1.807, 2.05) is 27.7 Å². The van der Waals surface area contributed by atoms with Gasteiger partial charge in [-0.25, -0.2) is 9.59 Å². The fraction of sp³-hybridized carbons (Fsp3) is 0.857. The van der Waals surface area contributed by atoms with E-state index in [2.05, 4.69) is 5.32 Å². The van der Waals surface area contributed by atoms with Crippen LogP contribution in [0.4, 0.5) is 4.79 Å². The van der Waals surface area contributed by atoms with Crippen molar-refractivity contribution in [3.05, 3.63) is 0 Å². The monoisotopic (exact) mass is 399 g/mol. The van der Waals surface area contributed by atoms with Crippen LogP contribution in [-0.2, 0) is 23.8 Å². The van der Waals surface area contributed by atoms with E-state index < -0.39 is 29.1 Å². The zero-order valence-corrected chi connectivity index (χ0v) is 18.6. The number of hydrogen-bond acceptors (Lipinski definition) is 6. The first-order chi connectivity index (χ1) is 12.8. The molecule has 162 valence electrons. The van der Waals surface area contributed by atoms with Crippen molar-refractivity contribution in [2.45, 2.75) is 91.9 Å². The van der Waals surface area contributed by atoms with Gasteiger partial charge in [0, 0.05) is 0 Å². The molecule has 1 N–H and O–H groups in total. The minimum atomic E-state index is -0.765. The number of rotatable bonds is 6. The maximum atomic E-state index is 12.6. The van der Waals surface area contributed by atoms with Gasteiger partial charge in [-0.1, -0.05) is 13.8 Å². The molecule has 0 aromatic heterocycles. The molecule has 1 aliphatic rings. The molecule has 0 spiro atoms. The summed E-state index contributed by atoms with van der Waals surface area (Å²) in [5.41, 5.74) is -1.19. The van der Waals surface area contributed by atoms with Crippen LogP contribution in [0.2, 0.25) is 0 Å². The Morgan fingerprint density at radius 3 is 1.93 bits per heavy atom. The Balaban J connectivity index is 2.61. The number of methoxy groups -OCH3 is 1. The second kappa shape index (κ2) is 9.61. The number of amides is 1. The Morgan fingerprint density at radius 1 is 0.964 bits per heavy atom. The molecule has 7 nitrogen and oxygen atoms in total. The molecular weight excluding hydrogens is 362 g/mol. The Labute approximate surface area is 168 Å². The van der Waals surface area contributed by atoms with Crippen LogP contribution < -0.4 is 5.32 Å². The molecule has 1 rings (SSSR count). The van der Waals surface area contributed by atoms with Gasteiger partial charge in [0.15, 0.2) is 0 Å². The van der Waals surface area contributed by atoms with Crippen LogP contribution in [0, 0.1) is 17.3 Å². The maximum absolute atomic E-state index is 12.6. The lowest BCUT2D eigenvalue weighted by Crippen LogP contribution is -2.48. The smallest absolute Gasteiger partial charge is 0.408 e. The van der Waals surface area contributed by atoms with Gasteiger partial charge in [-0.3, -0.25) is 4.79 Å². The van der Waals surface area contributed by atoms with E-state index in [0.717, 1.165) is 12.8 Å². The van der Waals surface area contributed by atoms with Crippen molar-refractivity contribution >= 4 is 18.0 Å². The van der Waals surface area contributed by atoms with Gasteiger partial charge in [-0.05, 0) is 72.1 Å². The number of esters is 2. The maximum Gasteiger partial charge on any atom is 0.408 e. The first-order valence-electron chi connectivity index (χ1n) is 10.1. The normalized spacial score (nSPS) is 21.6. The molecule has 7 heteroatoms. The van der Waals surface area contributed by atoms with Crippen molar-refractivity contribution in [2.75, 3.05) is 7.11 Å². The molecule has 0 bridgehead atoms. The van der Waals surface area contributed by atoms with Gasteiger partial charge in [0.25, 0.3) is 0 Å². The summed E-state index contributed by atoms with van der Waals surface area (Å²) in [5.74, 6) is -0.601. The summed E-state index contributed by atoms with van der Waals surface area (Å²) in [5, 5.41) is 2.62. The molecule has 0 aromatic carbocycles. The molecule has 0 unspecified atom stereocenters. The largest absolute Gasteiger partial charge is 0.469 e. The highest BCUT2D eigenvalue weighted by atomic mass is 16.6. The van der Waals surface area contributed by atoms with Gasteiger partial charge in [0.05, 0.1) is 12.5 Å². The topological polar surface area (TPSA) is 90.9 Å². The molecule has 0 heterocycles. The van der Waals surface area contributed by atoms with Crippen LogP contribution in [0.5, 0.6) is 0 Å². The average Bonchev–Trinajstić information content (AvgIpc) is 2.57. The predicted octanol–water partition coefficient (Wildman–Crippen LogP) is 3.84. The number of carbonyl (C=O) groups is 3. The van der Waals surface area contributed by atoms with Gasteiger partial charge in [-0.15, -0.1) is 0 Å². The third-order valence-corrected chi connectivity index (χ3v) is 5.28. The molecular formula is C21H37NO6. The molecule has 1 amide bonds. The van der Waals surface area contributed by atoms with Crippen LogP contribution in [-0.4, -0.2) is 42.9 Å². The van der Waals surface area contributed by atoms with E-state index in [0.29, 0.717) is 12.8 Å². The average molecular weight is 400 g/mol. The predicted molar refractivity (Wildman–Crippen MR) is 106 cm³/mol. The van der Waals surface area contributed by atoms with Crippen LogP contribution in [0.25, 0.3) is 0 Å². The molecule has 0 saturated heterocycles. The van der Waals surface area contributed by atoms with Gasteiger partial charge in [0.2, 0.25) is 0 Å². The van der Waals surface area contributed by atoms with E-state index in [4.69, 9.17) is 14.2 Å². The van der Waals surface area contributed by atoms with Crippen molar-refractivity contribution in [1.82, 2.24) is 5.32 Å². The van der Waals surface area contributed by atoms with Crippen molar-refractivity contribution in [2.24, 2.45) is 17.3 Å². The lowest BCUT2D eigenvalue weighted by Gasteiger charge is -2.37. The third-order valence-electron chi connectivity index (χ3n) is 5.28. The van der Waals surface area contributed by atoms with Gasteiger partial charge in [0.1, 0.15) is 17.7 Å². The fourth-order valence-corrected chi connectivity index (χ4v) is 3.50. The van der Waals surface area contributed by atoms with Crippen LogP contribution in [0.1, 0.15) is 74.1 Å². The lowest BCUT2D eigenvalue weighted by molar-refractivity contribution is -0.160. The summed E-state index contributed by atoms with van der Waals surface area (Å²) >= 11 is 0. The first kappa shape index (κ1) is 24.2. The molecule has 0 aliphatic heterocycles. The second-order valence-corrected chi connectivity index (χ2v) is 9.49. The summed E-state index contributed by atoms with van der Waals surface area (Å²) in [6.07, 6.45) is 2.10. The van der Waals surface area contributed by atoms with Gasteiger partial charge >= 0.3 is 18.0 Å². The van der Waals surface area contributed by atoms with Crippen LogP contribution in [0.3, 0.4) is 0 Å². The van der Waals surface area contributed by atoms with E-state index in [1.165, 1.54) is 7.11 Å². The molecule has 1 atom stereocenters. The number of ether oxygens (including phenoxy) is 3. The summed E-state index contributed by atoms with van der Waals surface area (Å²) in [6.45, 7) is 12.8. The van der Waals surface area contributed by atoms with Crippen LogP contribution >= 0.6 is 0 Å². The standard InChI is InChI=1S/C21H37NO6/c1-13(2)16(22-19(25)28-20(3,4)5)17(23)27-15-11-9-14(10-12-15)21(6,7)18(24)26-8/h13-16H,9-12H2,1-8H3,(H,22,25)/t14-,15-,16-/m0/s1. The molecule has 1 fully saturated rings. The minimum Gasteiger partial charge on any atom is -0.469 e. The van der Waals surface area contributed by atoms with Crippen molar-refractivity contribution in [3.8, 4) is 0 Å². The fourth-order valence-electron chi connectivity index (χ4n) is 3.50. The number of alkyl carbamates (subject to hydrolysis) is 1. The van der Waals surface area contributed by atoms with Gasteiger partial charge < -0.3 is 19.5 Å². The summed E-state index contributed by atoms with van der Waals surface area (Å²) in [4.78, 5) is 36.6. The van der Waals surface area contributed by atoms with E-state index >= 15 is 0 Å². The zero-order chi connectivity index (χ0) is 21.7. The molecule has 0 aromatic rings. The number of hydrogen-bond donors (Lipinski definition) is 1. The Hall–Kier alpha value is -1.79. The minimum absolute atomic E-state index is 0.130. The molecule has 0 radical (unpaired) electrons. The van der Waals surface area contributed by atoms with E-state index in [1.54, 1.807) is 20.8 Å². The zero-order valence-electron chi connectivity index (χ0n) is 18.6. The molecule has 1 saturated carbocycles. The summed E-state index contributed by atoms with van der Waals surface area (Å²) in [6, 6.07) is -0.765. The second-order valence-electron chi connectivity index (χ2n) is 9.49. The lowest BCUT2D eigenvalue weighted by atomic mass is 9.70. The van der Waals surface area contributed by atoms with Crippen molar-refractivity contribution < 1.29 is 28.6 Å². The van der Waals surface area contributed by atoms with Gasteiger partial charge in [-0.2, -0.15) is 0 Å². The third kappa shape index (κ3) is 6.99. The quantitative estimate of drug-likeness (QED) is 0.539. The van der Waals surface area contributed by atoms with Crippen LogP contribution in [0.15, 0.2) is 0 Å². The summed E-state index contributed by atoms with van der Waals surface area (Å²) in [7, 11) is 1.40. The van der Waals surface area contributed by atoms with Crippen molar-refractivity contribution in [3.63, 3.8) is 0 Å². The highest BCUT2D eigenvalue weighted by Gasteiger charge is 2.40. The molecule has 28 heavy (non-hydrogen) atoms. The molecule has 1 aliphatic carbocycles. The van der Waals surface area contributed by atoms with E-state index in [-0.39, 0.29) is 23.9 Å². The first-order valence-corrected chi connectivity index (χ1v) is 10.1. The van der Waals surface area contributed by atoms with Crippen molar-refractivity contribution in [1.29, 1.82) is 0 Å². The Kier molecular flexibility index (Phi) is 8.32. The Bertz CT molecular complexity index is 556. The highest BCUT2D eigenvalue weighted by Crippen LogP contribution is 2.40. The SMILES string of the molecule is COC(=O)C(C)(C)[C@H]1CC[C@H](OC(=O)[C@@H](NC(=O)OC(C)(C)C)C(C)C)CC1. The number of carbonyl (C=O) groups excluding carboxylic acids is 3.